The highest BCUT2D eigenvalue weighted by atomic mass is 79.9. The first-order chi connectivity index (χ1) is 8.70. The summed E-state index contributed by atoms with van der Waals surface area (Å²) in [5.74, 6) is 6.38. The first kappa shape index (κ1) is 13.1. The van der Waals surface area contributed by atoms with Crippen LogP contribution < -0.4 is 11.3 Å². The van der Waals surface area contributed by atoms with Gasteiger partial charge in [0, 0.05) is 10.7 Å². The lowest BCUT2D eigenvalue weighted by atomic mass is 10.0. The second-order valence-corrected chi connectivity index (χ2v) is 4.90. The molecular formula is C13H15BrN4. The summed E-state index contributed by atoms with van der Waals surface area (Å²) >= 11 is 3.54. The van der Waals surface area contributed by atoms with Crippen molar-refractivity contribution < 1.29 is 0 Å². The van der Waals surface area contributed by atoms with Gasteiger partial charge in [-0.05, 0) is 31.0 Å². The van der Waals surface area contributed by atoms with Crippen LogP contribution in [0.2, 0.25) is 0 Å². The van der Waals surface area contributed by atoms with Crippen LogP contribution in [-0.2, 0) is 6.42 Å². The van der Waals surface area contributed by atoms with Gasteiger partial charge in [0.15, 0.2) is 0 Å². The molecule has 1 heterocycles. The number of hydrogen-bond donors (Lipinski definition) is 2. The molecule has 1 unspecified atom stereocenters. The minimum Gasteiger partial charge on any atom is -0.271 e. The number of aromatic nitrogens is 2. The van der Waals surface area contributed by atoms with Crippen LogP contribution in [0.4, 0.5) is 0 Å². The number of benzene rings is 1. The van der Waals surface area contributed by atoms with Crippen molar-refractivity contribution in [2.45, 2.75) is 19.4 Å². The van der Waals surface area contributed by atoms with Crippen molar-refractivity contribution in [1.29, 1.82) is 0 Å². The van der Waals surface area contributed by atoms with Gasteiger partial charge < -0.3 is 0 Å². The van der Waals surface area contributed by atoms with Gasteiger partial charge in [0.25, 0.3) is 0 Å². The maximum absolute atomic E-state index is 5.63. The maximum atomic E-state index is 5.63. The van der Waals surface area contributed by atoms with Crippen LogP contribution in [0, 0.1) is 6.92 Å². The fourth-order valence-electron chi connectivity index (χ4n) is 1.80. The highest BCUT2D eigenvalue weighted by Gasteiger charge is 2.13. The van der Waals surface area contributed by atoms with Crippen molar-refractivity contribution in [3.63, 3.8) is 0 Å². The second-order valence-electron chi connectivity index (χ2n) is 4.04. The quantitative estimate of drug-likeness (QED) is 0.672. The first-order valence-corrected chi connectivity index (χ1v) is 6.49. The van der Waals surface area contributed by atoms with Gasteiger partial charge >= 0.3 is 0 Å². The van der Waals surface area contributed by atoms with E-state index >= 15 is 0 Å². The standard InChI is InChI=1S/C13H15BrN4/c1-9-16-7-6-12(17-9)13(18-15)8-10-4-2-3-5-11(10)14/h2-7,13,18H,8,15H2,1H3. The predicted octanol–water partition coefficient (Wildman–Crippen LogP) is 2.29. The lowest BCUT2D eigenvalue weighted by Crippen LogP contribution is -2.30. The number of nitrogens with zero attached hydrogens (tertiary/aromatic N) is 2. The molecule has 3 N–H and O–H groups in total. The lowest BCUT2D eigenvalue weighted by molar-refractivity contribution is 0.535. The molecular weight excluding hydrogens is 292 g/mol. The number of nitrogens with one attached hydrogen (secondary N) is 1. The highest BCUT2D eigenvalue weighted by molar-refractivity contribution is 9.10. The Morgan fingerprint density at radius 2 is 2.11 bits per heavy atom. The average molecular weight is 307 g/mol. The van der Waals surface area contributed by atoms with Crippen molar-refractivity contribution in [3.8, 4) is 0 Å². The van der Waals surface area contributed by atoms with E-state index in [1.165, 1.54) is 5.56 Å². The normalized spacial score (nSPS) is 12.4. The molecule has 0 aliphatic rings. The Labute approximate surface area is 115 Å². The molecule has 2 aromatic rings. The van der Waals surface area contributed by atoms with E-state index in [1.807, 2.05) is 31.2 Å². The molecule has 4 nitrogen and oxygen atoms in total. The summed E-state index contributed by atoms with van der Waals surface area (Å²) in [6.45, 7) is 1.87. The van der Waals surface area contributed by atoms with E-state index in [4.69, 9.17) is 5.84 Å². The van der Waals surface area contributed by atoms with E-state index in [-0.39, 0.29) is 6.04 Å². The SMILES string of the molecule is Cc1nccc(C(Cc2ccccc2Br)NN)n1. The molecule has 0 saturated heterocycles. The van der Waals surface area contributed by atoms with Crippen LogP contribution >= 0.6 is 15.9 Å². The zero-order valence-corrected chi connectivity index (χ0v) is 11.7. The van der Waals surface area contributed by atoms with Crippen molar-refractivity contribution in [1.82, 2.24) is 15.4 Å². The Morgan fingerprint density at radius 3 is 2.78 bits per heavy atom. The number of halogens is 1. The van der Waals surface area contributed by atoms with Gasteiger partial charge in [0.2, 0.25) is 0 Å². The molecule has 5 heteroatoms. The van der Waals surface area contributed by atoms with E-state index in [2.05, 4.69) is 37.4 Å². The molecule has 1 aromatic heterocycles. The zero-order chi connectivity index (χ0) is 13.0. The van der Waals surface area contributed by atoms with E-state index < -0.39 is 0 Å². The molecule has 0 aliphatic heterocycles. The third-order valence-corrected chi connectivity index (χ3v) is 3.51. The van der Waals surface area contributed by atoms with Crippen molar-refractivity contribution in [2.75, 3.05) is 0 Å². The minimum atomic E-state index is -0.0228. The second kappa shape index (κ2) is 6.04. The molecule has 0 spiro atoms. The molecule has 18 heavy (non-hydrogen) atoms. The molecule has 94 valence electrons. The van der Waals surface area contributed by atoms with Crippen LogP contribution in [-0.4, -0.2) is 9.97 Å². The summed E-state index contributed by atoms with van der Waals surface area (Å²) in [7, 11) is 0. The number of rotatable bonds is 4. The molecule has 0 saturated carbocycles. The molecule has 1 aromatic carbocycles. The van der Waals surface area contributed by atoms with Gasteiger partial charge in [-0.2, -0.15) is 0 Å². The molecule has 0 amide bonds. The van der Waals surface area contributed by atoms with Crippen LogP contribution in [0.1, 0.15) is 23.1 Å². The third-order valence-electron chi connectivity index (χ3n) is 2.74. The third kappa shape index (κ3) is 3.13. The fraction of sp³-hybridized carbons (Fsp3) is 0.231. The molecule has 0 radical (unpaired) electrons. The Kier molecular flexibility index (Phi) is 4.41. The lowest BCUT2D eigenvalue weighted by Gasteiger charge is -2.16. The summed E-state index contributed by atoms with van der Waals surface area (Å²) in [5.41, 5.74) is 4.91. The van der Waals surface area contributed by atoms with E-state index in [0.29, 0.717) is 0 Å². The van der Waals surface area contributed by atoms with E-state index in [9.17, 15) is 0 Å². The van der Waals surface area contributed by atoms with Gasteiger partial charge in [0.05, 0.1) is 11.7 Å². The Hall–Kier alpha value is -1.30. The number of nitrogens with two attached hydrogens (primary N) is 1. The molecule has 0 fully saturated rings. The Balaban J connectivity index is 2.23. The van der Waals surface area contributed by atoms with Gasteiger partial charge in [-0.1, -0.05) is 34.1 Å². The number of hydrogen-bond acceptors (Lipinski definition) is 4. The van der Waals surface area contributed by atoms with Gasteiger partial charge in [-0.15, -0.1) is 0 Å². The monoisotopic (exact) mass is 306 g/mol. The van der Waals surface area contributed by atoms with Crippen LogP contribution in [0.5, 0.6) is 0 Å². The van der Waals surface area contributed by atoms with E-state index in [1.54, 1.807) is 6.20 Å². The van der Waals surface area contributed by atoms with Gasteiger partial charge in [-0.3, -0.25) is 11.3 Å². The van der Waals surface area contributed by atoms with Gasteiger partial charge in [-0.25, -0.2) is 9.97 Å². The van der Waals surface area contributed by atoms with Crippen LogP contribution in [0.3, 0.4) is 0 Å². The molecule has 1 atom stereocenters. The zero-order valence-electron chi connectivity index (χ0n) is 10.1. The first-order valence-electron chi connectivity index (χ1n) is 5.70. The summed E-state index contributed by atoms with van der Waals surface area (Å²) in [4.78, 5) is 8.49. The van der Waals surface area contributed by atoms with Crippen molar-refractivity contribution in [2.24, 2.45) is 5.84 Å². The smallest absolute Gasteiger partial charge is 0.125 e. The minimum absolute atomic E-state index is 0.0228. The van der Waals surface area contributed by atoms with E-state index in [0.717, 1.165) is 22.4 Å². The summed E-state index contributed by atoms with van der Waals surface area (Å²) in [6, 6.07) is 9.96. The molecule has 0 aliphatic carbocycles. The Morgan fingerprint density at radius 1 is 1.33 bits per heavy atom. The number of aryl methyl sites for hydroxylation is 1. The molecule has 0 bridgehead atoms. The fourth-order valence-corrected chi connectivity index (χ4v) is 2.25. The van der Waals surface area contributed by atoms with Gasteiger partial charge in [0.1, 0.15) is 5.82 Å². The topological polar surface area (TPSA) is 63.8 Å². The number of hydrazine groups is 1. The predicted molar refractivity (Wildman–Crippen MR) is 74.7 cm³/mol. The Bertz CT molecular complexity index is 530. The van der Waals surface area contributed by atoms with Crippen molar-refractivity contribution >= 4 is 15.9 Å². The largest absolute Gasteiger partial charge is 0.271 e. The molecule has 2 rings (SSSR count). The summed E-state index contributed by atoms with van der Waals surface area (Å²) in [6.07, 6.45) is 2.52. The van der Waals surface area contributed by atoms with Crippen LogP contribution in [0.25, 0.3) is 0 Å². The maximum Gasteiger partial charge on any atom is 0.125 e. The van der Waals surface area contributed by atoms with Crippen LogP contribution in [0.15, 0.2) is 41.0 Å². The van der Waals surface area contributed by atoms with Crippen molar-refractivity contribution in [3.05, 3.63) is 58.1 Å². The highest BCUT2D eigenvalue weighted by Crippen LogP contribution is 2.22. The summed E-state index contributed by atoms with van der Waals surface area (Å²) in [5, 5.41) is 0. The summed E-state index contributed by atoms with van der Waals surface area (Å²) < 4.78 is 1.08. The average Bonchev–Trinajstić information content (AvgIpc) is 2.38.